The van der Waals surface area contributed by atoms with E-state index in [9.17, 15) is 10.0 Å². The van der Waals surface area contributed by atoms with Crippen molar-refractivity contribution in [3.63, 3.8) is 0 Å². The first-order valence-corrected chi connectivity index (χ1v) is 6.06. The summed E-state index contributed by atoms with van der Waals surface area (Å²) in [5.74, 6) is 0.527. The number of pyridine rings is 1. The van der Waals surface area contributed by atoms with Crippen molar-refractivity contribution in [3.05, 3.63) is 54.0 Å². The SMILES string of the molecule is CN(C)c1c/c(=N/C(=O)Nc2ccccc2)ccn1O. The van der Waals surface area contributed by atoms with Crippen molar-refractivity contribution in [3.8, 4) is 0 Å². The van der Waals surface area contributed by atoms with Gasteiger partial charge >= 0.3 is 6.03 Å². The summed E-state index contributed by atoms with van der Waals surface area (Å²) < 4.78 is 0.966. The van der Waals surface area contributed by atoms with E-state index in [1.54, 1.807) is 43.3 Å². The fourth-order valence-electron chi connectivity index (χ4n) is 1.66. The summed E-state index contributed by atoms with van der Waals surface area (Å²) in [6.07, 6.45) is 1.43. The number of hydrogen-bond acceptors (Lipinski definition) is 3. The Labute approximate surface area is 116 Å². The van der Waals surface area contributed by atoms with Crippen LogP contribution in [-0.4, -0.2) is 30.1 Å². The molecule has 0 atom stereocenters. The summed E-state index contributed by atoms with van der Waals surface area (Å²) in [7, 11) is 3.58. The third-order valence-corrected chi connectivity index (χ3v) is 2.61. The van der Waals surface area contributed by atoms with Gasteiger partial charge in [0.1, 0.15) is 5.82 Å². The molecule has 0 spiro atoms. The molecule has 0 aliphatic carbocycles. The highest BCUT2D eigenvalue weighted by atomic mass is 16.5. The Balaban J connectivity index is 2.22. The summed E-state index contributed by atoms with van der Waals surface area (Å²) in [6.45, 7) is 0. The Kier molecular flexibility index (Phi) is 4.05. The lowest BCUT2D eigenvalue weighted by Crippen LogP contribution is -2.20. The Morgan fingerprint density at radius 2 is 1.95 bits per heavy atom. The first kappa shape index (κ1) is 13.7. The van der Waals surface area contributed by atoms with Gasteiger partial charge in [-0.1, -0.05) is 18.2 Å². The summed E-state index contributed by atoms with van der Waals surface area (Å²) in [5, 5.41) is 12.7. The molecule has 2 aromatic rings. The van der Waals surface area contributed by atoms with Crippen LogP contribution >= 0.6 is 0 Å². The van der Waals surface area contributed by atoms with Crippen LogP contribution in [0.2, 0.25) is 0 Å². The van der Waals surface area contributed by atoms with E-state index in [1.165, 1.54) is 6.20 Å². The predicted octanol–water partition coefficient (Wildman–Crippen LogP) is 1.92. The molecule has 2 amide bonds. The lowest BCUT2D eigenvalue weighted by Gasteiger charge is -2.14. The molecule has 0 saturated heterocycles. The molecule has 104 valence electrons. The highest BCUT2D eigenvalue weighted by Crippen LogP contribution is 2.06. The number of carbonyl (C=O) groups excluding carboxylic acids is 1. The van der Waals surface area contributed by atoms with Gasteiger partial charge in [-0.25, -0.2) is 4.79 Å². The number of carbonyl (C=O) groups is 1. The molecule has 0 aliphatic rings. The minimum absolute atomic E-state index is 0.461. The summed E-state index contributed by atoms with van der Waals surface area (Å²) in [6, 6.07) is 11.8. The monoisotopic (exact) mass is 272 g/mol. The molecule has 0 fully saturated rings. The molecule has 1 aromatic carbocycles. The molecule has 1 aromatic heterocycles. The van der Waals surface area contributed by atoms with Crippen LogP contribution < -0.4 is 15.6 Å². The number of amides is 2. The second kappa shape index (κ2) is 5.92. The van der Waals surface area contributed by atoms with E-state index < -0.39 is 6.03 Å². The summed E-state index contributed by atoms with van der Waals surface area (Å²) in [4.78, 5) is 17.4. The Morgan fingerprint density at radius 3 is 2.60 bits per heavy atom. The average molecular weight is 272 g/mol. The van der Waals surface area contributed by atoms with Crippen LogP contribution in [0.5, 0.6) is 0 Å². The topological polar surface area (TPSA) is 69.9 Å². The quantitative estimate of drug-likeness (QED) is 0.821. The van der Waals surface area contributed by atoms with Crippen molar-refractivity contribution in [2.45, 2.75) is 0 Å². The van der Waals surface area contributed by atoms with Crippen LogP contribution in [0.25, 0.3) is 0 Å². The molecule has 6 heteroatoms. The highest BCUT2D eigenvalue weighted by molar-refractivity contribution is 5.89. The number of nitrogens with one attached hydrogen (secondary N) is 1. The molecule has 0 unspecified atom stereocenters. The van der Waals surface area contributed by atoms with Crippen molar-refractivity contribution in [2.75, 3.05) is 24.3 Å². The average Bonchev–Trinajstić information content (AvgIpc) is 2.41. The van der Waals surface area contributed by atoms with Gasteiger partial charge < -0.3 is 15.4 Å². The molecule has 0 bridgehead atoms. The first-order chi connectivity index (χ1) is 9.56. The number of hydrogen-bond donors (Lipinski definition) is 2. The van der Waals surface area contributed by atoms with Gasteiger partial charge in [-0.15, -0.1) is 0 Å². The van der Waals surface area contributed by atoms with E-state index in [-0.39, 0.29) is 0 Å². The maximum Gasteiger partial charge on any atom is 0.345 e. The van der Waals surface area contributed by atoms with Crippen LogP contribution in [0.1, 0.15) is 0 Å². The van der Waals surface area contributed by atoms with E-state index in [4.69, 9.17) is 0 Å². The molecule has 1 heterocycles. The molecular formula is C14H16N4O2. The minimum atomic E-state index is -0.461. The van der Waals surface area contributed by atoms with Crippen LogP contribution in [0.3, 0.4) is 0 Å². The van der Waals surface area contributed by atoms with Crippen LogP contribution in [0.15, 0.2) is 53.7 Å². The maximum atomic E-state index is 11.8. The molecule has 0 saturated carbocycles. The second-order valence-electron chi connectivity index (χ2n) is 4.39. The molecule has 2 N–H and O–H groups in total. The number of benzene rings is 1. The van der Waals surface area contributed by atoms with E-state index >= 15 is 0 Å². The number of rotatable bonds is 2. The van der Waals surface area contributed by atoms with Crippen molar-refractivity contribution >= 4 is 17.5 Å². The van der Waals surface area contributed by atoms with Gasteiger partial charge in [-0.3, -0.25) is 0 Å². The zero-order valence-corrected chi connectivity index (χ0v) is 11.3. The summed E-state index contributed by atoms with van der Waals surface area (Å²) >= 11 is 0. The van der Waals surface area contributed by atoms with E-state index in [1.807, 2.05) is 18.2 Å². The third kappa shape index (κ3) is 3.38. The second-order valence-corrected chi connectivity index (χ2v) is 4.39. The fraction of sp³-hybridized carbons (Fsp3) is 0.143. The standard InChI is InChI=1S/C14H16N4O2/c1-17(2)13-10-12(8-9-18(13)20)16-14(19)15-11-6-4-3-5-7-11/h3-10,20H,1-2H3,(H,15,19)/b16-12+. The van der Waals surface area contributed by atoms with Crippen LogP contribution in [0, 0.1) is 0 Å². The van der Waals surface area contributed by atoms with Gasteiger partial charge in [0.05, 0.1) is 5.36 Å². The van der Waals surface area contributed by atoms with Crippen molar-refractivity contribution in [1.29, 1.82) is 0 Å². The molecule has 6 nitrogen and oxygen atoms in total. The number of urea groups is 1. The lowest BCUT2D eigenvalue weighted by molar-refractivity contribution is 0.187. The van der Waals surface area contributed by atoms with Crippen LogP contribution in [-0.2, 0) is 0 Å². The van der Waals surface area contributed by atoms with Gasteiger partial charge in [0.25, 0.3) is 0 Å². The van der Waals surface area contributed by atoms with Crippen molar-refractivity contribution in [2.24, 2.45) is 4.99 Å². The molecule has 2 rings (SSSR count). The largest absolute Gasteiger partial charge is 0.427 e. The lowest BCUT2D eigenvalue weighted by atomic mass is 10.3. The Morgan fingerprint density at radius 1 is 1.25 bits per heavy atom. The zero-order chi connectivity index (χ0) is 14.5. The number of aromatic nitrogens is 1. The maximum absolute atomic E-state index is 11.8. The smallest absolute Gasteiger partial charge is 0.345 e. The van der Waals surface area contributed by atoms with Gasteiger partial charge in [-0.05, 0) is 18.2 Å². The first-order valence-electron chi connectivity index (χ1n) is 6.06. The van der Waals surface area contributed by atoms with Crippen LogP contribution in [0.4, 0.5) is 16.3 Å². The molecule has 0 aliphatic heterocycles. The molecule has 0 radical (unpaired) electrons. The minimum Gasteiger partial charge on any atom is -0.427 e. The van der Waals surface area contributed by atoms with Gasteiger partial charge in [-0.2, -0.15) is 9.72 Å². The molecule has 20 heavy (non-hydrogen) atoms. The number of anilines is 2. The Bertz CT molecular complexity index is 662. The molecular weight excluding hydrogens is 256 g/mol. The van der Waals surface area contributed by atoms with Gasteiger partial charge in [0, 0.05) is 32.0 Å². The highest BCUT2D eigenvalue weighted by Gasteiger charge is 2.02. The van der Waals surface area contributed by atoms with Gasteiger partial charge in [0.2, 0.25) is 0 Å². The van der Waals surface area contributed by atoms with E-state index in [0.29, 0.717) is 16.9 Å². The van der Waals surface area contributed by atoms with Crippen molar-refractivity contribution < 1.29 is 10.0 Å². The predicted molar refractivity (Wildman–Crippen MR) is 77.0 cm³/mol. The number of nitrogens with zero attached hydrogens (tertiary/aromatic N) is 3. The van der Waals surface area contributed by atoms with E-state index in [2.05, 4.69) is 10.3 Å². The third-order valence-electron chi connectivity index (χ3n) is 2.61. The van der Waals surface area contributed by atoms with E-state index in [0.717, 1.165) is 4.73 Å². The normalized spacial score (nSPS) is 11.2. The zero-order valence-electron chi connectivity index (χ0n) is 11.3. The van der Waals surface area contributed by atoms with Crippen molar-refractivity contribution in [1.82, 2.24) is 4.73 Å². The summed E-state index contributed by atoms with van der Waals surface area (Å²) in [5.41, 5.74) is 0.683. The number of para-hydroxylation sites is 1. The Hall–Kier alpha value is -2.76. The van der Waals surface area contributed by atoms with Gasteiger partial charge in [0.15, 0.2) is 0 Å². The fourth-order valence-corrected chi connectivity index (χ4v) is 1.66.